The van der Waals surface area contributed by atoms with Crippen molar-refractivity contribution in [2.45, 2.75) is 72.9 Å². The van der Waals surface area contributed by atoms with Gasteiger partial charge in [-0.1, -0.05) is 34.6 Å². The van der Waals surface area contributed by atoms with Gasteiger partial charge in [-0.15, -0.1) is 0 Å². The molecule has 0 aliphatic heterocycles. The van der Waals surface area contributed by atoms with E-state index < -0.39 is 0 Å². The van der Waals surface area contributed by atoms with Crippen molar-refractivity contribution in [3.63, 3.8) is 0 Å². The molecule has 0 aromatic carbocycles. The molecule has 116 valence electrons. The quantitative estimate of drug-likeness (QED) is 0.813. The minimum absolute atomic E-state index is 0.0919. The molecule has 4 unspecified atom stereocenters. The number of carbonyl (C=O) groups excluding carboxylic acids is 1. The van der Waals surface area contributed by atoms with Crippen LogP contribution >= 0.6 is 0 Å². The topological polar surface area (TPSA) is 41.1 Å². The normalized spacial score (nSPS) is 36.4. The van der Waals surface area contributed by atoms with Crippen LogP contribution in [0.2, 0.25) is 0 Å². The highest BCUT2D eigenvalue weighted by atomic mass is 16.2. The fourth-order valence-corrected chi connectivity index (χ4v) is 4.29. The zero-order valence-electron chi connectivity index (χ0n) is 14.0. The van der Waals surface area contributed by atoms with Crippen molar-refractivity contribution in [2.24, 2.45) is 22.7 Å². The van der Waals surface area contributed by atoms with E-state index in [-0.39, 0.29) is 11.9 Å². The van der Waals surface area contributed by atoms with Crippen molar-refractivity contribution in [3.05, 3.63) is 0 Å². The zero-order chi connectivity index (χ0) is 15.1. The highest BCUT2D eigenvalue weighted by Crippen LogP contribution is 2.65. The van der Waals surface area contributed by atoms with Crippen molar-refractivity contribution in [2.75, 3.05) is 6.54 Å². The van der Waals surface area contributed by atoms with Crippen LogP contribution in [0.15, 0.2) is 0 Å². The monoisotopic (exact) mass is 280 g/mol. The number of carbonyl (C=O) groups is 1. The van der Waals surface area contributed by atoms with Gasteiger partial charge in [0.05, 0.1) is 6.04 Å². The molecule has 2 fully saturated rings. The first kappa shape index (κ1) is 15.8. The van der Waals surface area contributed by atoms with Crippen molar-refractivity contribution < 1.29 is 4.79 Å². The summed E-state index contributed by atoms with van der Waals surface area (Å²) in [6.45, 7) is 14.2. The Morgan fingerprint density at radius 2 is 1.90 bits per heavy atom. The lowest BCUT2D eigenvalue weighted by molar-refractivity contribution is -0.123. The maximum Gasteiger partial charge on any atom is 0.236 e. The fraction of sp³-hybridized carbons (Fsp3) is 0.941. The maximum absolute atomic E-state index is 12.1. The number of fused-ring (bicyclic) bond motifs is 2. The van der Waals surface area contributed by atoms with Crippen molar-refractivity contribution >= 4 is 5.91 Å². The van der Waals surface area contributed by atoms with Crippen LogP contribution in [-0.2, 0) is 4.79 Å². The van der Waals surface area contributed by atoms with Gasteiger partial charge in [0.2, 0.25) is 5.91 Å². The molecule has 0 spiro atoms. The Balaban J connectivity index is 1.93. The molecule has 1 amide bonds. The summed E-state index contributed by atoms with van der Waals surface area (Å²) in [5, 5.41) is 6.65. The van der Waals surface area contributed by atoms with Crippen LogP contribution in [0.4, 0.5) is 0 Å². The first-order chi connectivity index (χ1) is 9.18. The molecule has 3 heteroatoms. The molecular weight excluding hydrogens is 248 g/mol. The summed E-state index contributed by atoms with van der Waals surface area (Å²) in [6.07, 6.45) is 3.88. The van der Waals surface area contributed by atoms with E-state index in [1.807, 2.05) is 6.92 Å². The third-order valence-corrected chi connectivity index (χ3v) is 6.32. The average molecular weight is 280 g/mol. The van der Waals surface area contributed by atoms with Crippen LogP contribution in [0, 0.1) is 22.7 Å². The third-order valence-electron chi connectivity index (χ3n) is 6.32. The second-order valence-corrected chi connectivity index (χ2v) is 8.19. The molecule has 2 aliphatic carbocycles. The molecule has 2 N–H and O–H groups in total. The average Bonchev–Trinajstić information content (AvgIpc) is 2.68. The Kier molecular flexibility index (Phi) is 4.21. The summed E-state index contributed by atoms with van der Waals surface area (Å²) < 4.78 is 0. The summed E-state index contributed by atoms with van der Waals surface area (Å²) in [4.78, 5) is 12.1. The van der Waals surface area contributed by atoms with Gasteiger partial charge in [0.15, 0.2) is 0 Å². The van der Waals surface area contributed by atoms with Gasteiger partial charge in [0.1, 0.15) is 0 Å². The molecule has 20 heavy (non-hydrogen) atoms. The van der Waals surface area contributed by atoms with Gasteiger partial charge in [-0.25, -0.2) is 0 Å². The molecular formula is C17H32N2O. The molecule has 0 aromatic heterocycles. The van der Waals surface area contributed by atoms with Gasteiger partial charge in [-0.2, -0.15) is 0 Å². The largest absolute Gasteiger partial charge is 0.354 e. The Morgan fingerprint density at radius 1 is 1.25 bits per heavy atom. The molecule has 2 rings (SSSR count). The first-order valence-electron chi connectivity index (χ1n) is 8.22. The van der Waals surface area contributed by atoms with Gasteiger partial charge in [0, 0.05) is 12.6 Å². The van der Waals surface area contributed by atoms with Crippen molar-refractivity contribution in [3.8, 4) is 0 Å². The first-order valence-corrected chi connectivity index (χ1v) is 8.22. The molecule has 2 bridgehead atoms. The summed E-state index contributed by atoms with van der Waals surface area (Å²) in [7, 11) is 0. The van der Waals surface area contributed by atoms with E-state index in [0.29, 0.717) is 22.8 Å². The van der Waals surface area contributed by atoms with E-state index in [9.17, 15) is 4.79 Å². The molecule has 2 saturated carbocycles. The lowest BCUT2D eigenvalue weighted by Gasteiger charge is -2.40. The predicted molar refractivity (Wildman–Crippen MR) is 83.5 cm³/mol. The van der Waals surface area contributed by atoms with Crippen molar-refractivity contribution in [1.82, 2.24) is 10.6 Å². The smallest absolute Gasteiger partial charge is 0.236 e. The number of amides is 1. The van der Waals surface area contributed by atoms with Crippen LogP contribution < -0.4 is 10.6 Å². The van der Waals surface area contributed by atoms with Gasteiger partial charge >= 0.3 is 0 Å². The Bertz CT molecular complexity index is 377. The summed E-state index contributed by atoms with van der Waals surface area (Å²) in [6, 6.07) is 0.391. The molecule has 3 nitrogen and oxygen atoms in total. The van der Waals surface area contributed by atoms with Gasteiger partial charge in [-0.05, 0) is 48.9 Å². The number of hydrogen-bond donors (Lipinski definition) is 2. The zero-order valence-corrected chi connectivity index (χ0v) is 14.0. The molecule has 4 atom stereocenters. The van der Waals surface area contributed by atoms with Crippen LogP contribution in [0.25, 0.3) is 0 Å². The van der Waals surface area contributed by atoms with E-state index in [2.05, 4.69) is 45.3 Å². The number of rotatable bonds is 5. The Labute approximate surface area is 124 Å². The Hall–Kier alpha value is -0.570. The molecule has 0 aromatic rings. The predicted octanol–water partition coefficient (Wildman–Crippen LogP) is 2.95. The molecule has 0 radical (unpaired) electrons. The van der Waals surface area contributed by atoms with Crippen LogP contribution in [0.3, 0.4) is 0 Å². The summed E-state index contributed by atoms with van der Waals surface area (Å²) in [5.41, 5.74) is 0.739. The van der Waals surface area contributed by atoms with Crippen LogP contribution in [0.1, 0.15) is 60.8 Å². The van der Waals surface area contributed by atoms with E-state index in [1.165, 1.54) is 19.3 Å². The summed E-state index contributed by atoms with van der Waals surface area (Å²) in [5.74, 6) is 1.46. The van der Waals surface area contributed by atoms with E-state index in [4.69, 9.17) is 0 Å². The molecule has 0 heterocycles. The Morgan fingerprint density at radius 3 is 2.35 bits per heavy atom. The van der Waals surface area contributed by atoms with Gasteiger partial charge < -0.3 is 10.6 Å². The lowest BCUT2D eigenvalue weighted by Crippen LogP contribution is -2.52. The number of hydrogen-bond acceptors (Lipinski definition) is 2. The highest BCUT2D eigenvalue weighted by molar-refractivity contribution is 5.81. The van der Waals surface area contributed by atoms with Gasteiger partial charge in [0.25, 0.3) is 0 Å². The SMILES string of the molecule is CC(C)CNC(=O)C(C)NC1CC2CCC1(C)C2(C)C. The van der Waals surface area contributed by atoms with E-state index in [1.54, 1.807) is 0 Å². The van der Waals surface area contributed by atoms with E-state index in [0.717, 1.165) is 12.5 Å². The second-order valence-electron chi connectivity index (χ2n) is 8.19. The third kappa shape index (κ3) is 2.49. The summed E-state index contributed by atoms with van der Waals surface area (Å²) >= 11 is 0. The van der Waals surface area contributed by atoms with Gasteiger partial charge in [-0.3, -0.25) is 4.79 Å². The number of nitrogens with one attached hydrogen (secondary N) is 2. The molecule has 0 saturated heterocycles. The second kappa shape index (κ2) is 5.32. The van der Waals surface area contributed by atoms with Crippen LogP contribution in [0.5, 0.6) is 0 Å². The highest BCUT2D eigenvalue weighted by Gasteiger charge is 2.61. The lowest BCUT2D eigenvalue weighted by atomic mass is 9.69. The van der Waals surface area contributed by atoms with Crippen molar-refractivity contribution in [1.29, 1.82) is 0 Å². The van der Waals surface area contributed by atoms with Crippen LogP contribution in [-0.4, -0.2) is 24.5 Å². The standard InChI is InChI=1S/C17H32N2O/c1-11(2)10-18-15(20)12(3)19-14-9-13-7-8-17(14,6)16(13,4)5/h11-14,19H,7-10H2,1-6H3,(H,18,20). The minimum atomic E-state index is -0.0919. The minimum Gasteiger partial charge on any atom is -0.354 e. The fourth-order valence-electron chi connectivity index (χ4n) is 4.29. The molecule has 2 aliphatic rings. The maximum atomic E-state index is 12.1. The van der Waals surface area contributed by atoms with E-state index >= 15 is 0 Å².